The summed E-state index contributed by atoms with van der Waals surface area (Å²) in [7, 11) is 0. The highest BCUT2D eigenvalue weighted by molar-refractivity contribution is 5.84. The molecule has 0 N–H and O–H groups in total. The number of amides is 1. The quantitative estimate of drug-likeness (QED) is 0.541. The Hall–Kier alpha value is -2.55. The molecule has 2 aromatic rings. The molecule has 1 amide bonds. The van der Waals surface area contributed by atoms with Gasteiger partial charge in [-0.25, -0.2) is 4.79 Å². The van der Waals surface area contributed by atoms with Crippen LogP contribution in [-0.4, -0.2) is 23.1 Å². The number of rotatable bonds is 5. The smallest absolute Gasteiger partial charge is 0.410 e. The second kappa shape index (κ2) is 8.34. The standard InChI is InChI=1S/C21H25NO2/c1-16(2)22(17(3)4)21(23)24-20(19-13-9-6-10-14-19)15-18-11-7-5-8-12-18/h5-17H,1-4H3/b20-15-. The van der Waals surface area contributed by atoms with Crippen LogP contribution in [0.4, 0.5) is 4.79 Å². The second-order valence-electron chi connectivity index (χ2n) is 6.25. The maximum atomic E-state index is 12.7. The molecular weight excluding hydrogens is 298 g/mol. The SMILES string of the molecule is CC(C)N(C(=O)O/C(=C\c1ccccc1)c1ccccc1)C(C)C. The molecule has 24 heavy (non-hydrogen) atoms. The molecular formula is C21H25NO2. The molecule has 2 rings (SSSR count). The van der Waals surface area contributed by atoms with Gasteiger partial charge in [0.05, 0.1) is 0 Å². The summed E-state index contributed by atoms with van der Waals surface area (Å²) in [5.41, 5.74) is 1.87. The molecule has 0 saturated carbocycles. The Kier molecular flexibility index (Phi) is 6.19. The molecule has 3 nitrogen and oxygen atoms in total. The van der Waals surface area contributed by atoms with E-state index in [1.165, 1.54) is 0 Å². The van der Waals surface area contributed by atoms with Gasteiger partial charge in [0.25, 0.3) is 0 Å². The van der Waals surface area contributed by atoms with Crippen molar-refractivity contribution in [2.75, 3.05) is 0 Å². The zero-order valence-corrected chi connectivity index (χ0v) is 14.8. The molecule has 0 fully saturated rings. The van der Waals surface area contributed by atoms with Crippen molar-refractivity contribution in [3.05, 3.63) is 71.8 Å². The van der Waals surface area contributed by atoms with E-state index in [0.717, 1.165) is 11.1 Å². The van der Waals surface area contributed by atoms with Crippen molar-refractivity contribution in [3.8, 4) is 0 Å². The number of hydrogen-bond donors (Lipinski definition) is 0. The number of ether oxygens (including phenoxy) is 1. The first kappa shape index (κ1) is 17.8. The third-order valence-electron chi connectivity index (χ3n) is 3.68. The zero-order valence-electron chi connectivity index (χ0n) is 14.8. The molecule has 2 aromatic carbocycles. The second-order valence-corrected chi connectivity index (χ2v) is 6.25. The van der Waals surface area contributed by atoms with Crippen LogP contribution in [0.1, 0.15) is 38.8 Å². The van der Waals surface area contributed by atoms with Crippen molar-refractivity contribution in [2.45, 2.75) is 39.8 Å². The van der Waals surface area contributed by atoms with Crippen LogP contribution in [0.25, 0.3) is 11.8 Å². The zero-order chi connectivity index (χ0) is 17.5. The summed E-state index contributed by atoms with van der Waals surface area (Å²) in [6, 6.07) is 19.7. The van der Waals surface area contributed by atoms with E-state index in [0.29, 0.717) is 5.76 Å². The van der Waals surface area contributed by atoms with Crippen molar-refractivity contribution in [1.82, 2.24) is 4.90 Å². The molecule has 0 heterocycles. The summed E-state index contributed by atoms with van der Waals surface area (Å²) >= 11 is 0. The molecule has 0 radical (unpaired) electrons. The molecule has 0 saturated heterocycles. The molecule has 0 unspecified atom stereocenters. The van der Waals surface area contributed by atoms with Gasteiger partial charge < -0.3 is 9.64 Å². The van der Waals surface area contributed by atoms with Gasteiger partial charge in [-0.2, -0.15) is 0 Å². The van der Waals surface area contributed by atoms with Crippen LogP contribution < -0.4 is 0 Å². The van der Waals surface area contributed by atoms with E-state index < -0.39 is 0 Å². The first-order valence-corrected chi connectivity index (χ1v) is 8.31. The molecule has 3 heteroatoms. The molecule has 0 spiro atoms. The summed E-state index contributed by atoms with van der Waals surface area (Å²) in [6.07, 6.45) is 1.57. The summed E-state index contributed by atoms with van der Waals surface area (Å²) < 4.78 is 5.77. The molecule has 126 valence electrons. The number of nitrogens with zero attached hydrogens (tertiary/aromatic N) is 1. The van der Waals surface area contributed by atoms with Gasteiger partial charge >= 0.3 is 6.09 Å². The third kappa shape index (κ3) is 4.72. The highest BCUT2D eigenvalue weighted by Gasteiger charge is 2.23. The number of hydrogen-bond acceptors (Lipinski definition) is 2. The van der Waals surface area contributed by atoms with Crippen molar-refractivity contribution in [1.29, 1.82) is 0 Å². The average Bonchev–Trinajstić information content (AvgIpc) is 2.55. The fourth-order valence-electron chi connectivity index (χ4n) is 2.64. The van der Waals surface area contributed by atoms with Crippen LogP contribution in [0.15, 0.2) is 60.7 Å². The highest BCUT2D eigenvalue weighted by atomic mass is 16.6. The van der Waals surface area contributed by atoms with Crippen LogP contribution in [0, 0.1) is 0 Å². The van der Waals surface area contributed by atoms with E-state index in [4.69, 9.17) is 4.74 Å². The predicted molar refractivity (Wildman–Crippen MR) is 99.3 cm³/mol. The van der Waals surface area contributed by atoms with Crippen LogP contribution in [0.3, 0.4) is 0 Å². The Morgan fingerprint density at radius 3 is 1.88 bits per heavy atom. The minimum atomic E-state index is -0.328. The van der Waals surface area contributed by atoms with Gasteiger partial charge in [0.15, 0.2) is 0 Å². The lowest BCUT2D eigenvalue weighted by Crippen LogP contribution is -2.42. The largest absolute Gasteiger partial charge is 0.415 e. The molecule has 0 atom stereocenters. The van der Waals surface area contributed by atoms with Crippen molar-refractivity contribution in [3.63, 3.8) is 0 Å². The van der Waals surface area contributed by atoms with E-state index in [9.17, 15) is 4.79 Å². The van der Waals surface area contributed by atoms with E-state index in [1.807, 2.05) is 94.4 Å². The summed E-state index contributed by atoms with van der Waals surface area (Å²) in [6.45, 7) is 7.96. The normalized spacial score (nSPS) is 11.7. The van der Waals surface area contributed by atoms with Crippen LogP contribution in [-0.2, 0) is 4.74 Å². The lowest BCUT2D eigenvalue weighted by molar-refractivity contribution is 0.115. The minimum absolute atomic E-state index is 0.0752. The molecule has 0 aliphatic carbocycles. The Balaban J connectivity index is 2.34. The number of carbonyl (C=O) groups is 1. The van der Waals surface area contributed by atoms with E-state index in [-0.39, 0.29) is 18.2 Å². The Labute approximate surface area is 144 Å². The van der Waals surface area contributed by atoms with Gasteiger partial charge in [-0.3, -0.25) is 0 Å². The number of carbonyl (C=O) groups excluding carboxylic acids is 1. The lowest BCUT2D eigenvalue weighted by Gasteiger charge is -2.30. The van der Waals surface area contributed by atoms with Crippen molar-refractivity contribution >= 4 is 17.9 Å². The van der Waals surface area contributed by atoms with Crippen LogP contribution in [0.2, 0.25) is 0 Å². The summed E-state index contributed by atoms with van der Waals surface area (Å²) in [5.74, 6) is 0.554. The molecule has 0 aliphatic heterocycles. The minimum Gasteiger partial charge on any atom is -0.410 e. The van der Waals surface area contributed by atoms with Gasteiger partial charge in [0.2, 0.25) is 0 Å². The maximum absolute atomic E-state index is 12.7. The molecule has 0 aliphatic rings. The average molecular weight is 323 g/mol. The fraction of sp³-hybridized carbons (Fsp3) is 0.286. The summed E-state index contributed by atoms with van der Waals surface area (Å²) in [4.78, 5) is 14.4. The van der Waals surface area contributed by atoms with Gasteiger partial charge in [0.1, 0.15) is 5.76 Å². The van der Waals surface area contributed by atoms with Crippen LogP contribution in [0.5, 0.6) is 0 Å². The fourth-order valence-corrected chi connectivity index (χ4v) is 2.64. The van der Waals surface area contributed by atoms with Crippen LogP contribution >= 0.6 is 0 Å². The Morgan fingerprint density at radius 1 is 0.875 bits per heavy atom. The first-order valence-electron chi connectivity index (χ1n) is 8.31. The first-order chi connectivity index (χ1) is 11.5. The topological polar surface area (TPSA) is 29.5 Å². The van der Waals surface area contributed by atoms with Crippen molar-refractivity contribution in [2.24, 2.45) is 0 Å². The van der Waals surface area contributed by atoms with E-state index in [1.54, 1.807) is 4.90 Å². The van der Waals surface area contributed by atoms with Gasteiger partial charge in [-0.1, -0.05) is 60.7 Å². The lowest BCUT2D eigenvalue weighted by atomic mass is 10.1. The monoisotopic (exact) mass is 323 g/mol. The Bertz CT molecular complexity index is 667. The van der Waals surface area contributed by atoms with E-state index >= 15 is 0 Å². The third-order valence-corrected chi connectivity index (χ3v) is 3.68. The molecule has 0 bridgehead atoms. The summed E-state index contributed by atoms with van der Waals surface area (Å²) in [5, 5.41) is 0. The van der Waals surface area contributed by atoms with E-state index in [2.05, 4.69) is 0 Å². The van der Waals surface area contributed by atoms with Gasteiger partial charge in [-0.05, 0) is 39.3 Å². The highest BCUT2D eigenvalue weighted by Crippen LogP contribution is 2.22. The molecule has 0 aromatic heterocycles. The Morgan fingerprint density at radius 2 is 1.38 bits per heavy atom. The maximum Gasteiger partial charge on any atom is 0.415 e. The number of benzene rings is 2. The van der Waals surface area contributed by atoms with Gasteiger partial charge in [-0.15, -0.1) is 0 Å². The predicted octanol–water partition coefficient (Wildman–Crippen LogP) is 5.44. The van der Waals surface area contributed by atoms with Gasteiger partial charge in [0, 0.05) is 17.6 Å². The van der Waals surface area contributed by atoms with Crippen molar-refractivity contribution < 1.29 is 9.53 Å².